The Labute approximate surface area is 162 Å². The number of hydrogen-bond acceptors (Lipinski definition) is 6. The van der Waals surface area contributed by atoms with E-state index in [2.05, 4.69) is 21.4 Å². The average molecular weight is 414 g/mol. The van der Waals surface area contributed by atoms with Gasteiger partial charge in [0.1, 0.15) is 4.88 Å². The summed E-state index contributed by atoms with van der Waals surface area (Å²) < 4.78 is 46.0. The molecule has 0 aliphatic carbocycles. The predicted octanol–water partition coefficient (Wildman–Crippen LogP) is 3.30. The maximum Gasteiger partial charge on any atom is 0.435 e. The maximum absolute atomic E-state index is 13.3. The lowest BCUT2D eigenvalue weighted by atomic mass is 10.3. The highest BCUT2D eigenvalue weighted by Crippen LogP contribution is 2.38. The number of nitrogens with zero attached hydrogens (tertiary/aromatic N) is 4. The Morgan fingerprint density at radius 3 is 2.68 bits per heavy atom. The second-order valence-electron chi connectivity index (χ2n) is 5.41. The quantitative estimate of drug-likeness (QED) is 0.395. The topological polar surface area (TPSA) is 77.3 Å². The molecule has 0 N–H and O–H groups in total. The third-order valence-electron chi connectivity index (χ3n) is 3.30. The van der Waals surface area contributed by atoms with E-state index in [9.17, 15) is 22.8 Å². The van der Waals surface area contributed by atoms with Crippen molar-refractivity contribution in [1.82, 2.24) is 14.8 Å². The average Bonchev–Trinajstić information content (AvgIpc) is 3.24. The van der Waals surface area contributed by atoms with Crippen LogP contribution >= 0.6 is 11.3 Å². The van der Waals surface area contributed by atoms with E-state index >= 15 is 0 Å². The number of carbonyl (C=O) groups excluding carboxylic acids is 2. The van der Waals surface area contributed by atoms with Crippen LogP contribution in [0.25, 0.3) is 6.08 Å². The summed E-state index contributed by atoms with van der Waals surface area (Å²) in [5, 5.41) is 3.67. The number of anilines is 1. The van der Waals surface area contributed by atoms with Crippen molar-refractivity contribution in [2.75, 3.05) is 18.1 Å². The molecule has 2 aromatic rings. The Bertz CT molecular complexity index is 902. The molecule has 0 saturated carbocycles. The van der Waals surface area contributed by atoms with Crippen LogP contribution in [0.2, 0.25) is 0 Å². The SMILES string of the molecule is C=CCN(C(=O)/C=C/c1cnn(C)c1)c1nc(C(F)(F)F)c(C(=O)OCC)s1. The summed E-state index contributed by atoms with van der Waals surface area (Å²) in [5.74, 6) is -1.77. The van der Waals surface area contributed by atoms with Crippen molar-refractivity contribution < 1.29 is 27.5 Å². The minimum absolute atomic E-state index is 0.0908. The fraction of sp³-hybridized carbons (Fsp3) is 0.294. The summed E-state index contributed by atoms with van der Waals surface area (Å²) in [7, 11) is 1.70. The summed E-state index contributed by atoms with van der Waals surface area (Å²) in [6.07, 6.45) is 2.30. The Hall–Kier alpha value is -2.95. The lowest BCUT2D eigenvalue weighted by Crippen LogP contribution is -2.29. The summed E-state index contributed by atoms with van der Waals surface area (Å²) in [4.78, 5) is 28.2. The van der Waals surface area contributed by atoms with E-state index in [1.54, 1.807) is 13.2 Å². The lowest BCUT2D eigenvalue weighted by molar-refractivity contribution is -0.141. The largest absolute Gasteiger partial charge is 0.462 e. The Morgan fingerprint density at radius 2 is 2.14 bits per heavy atom. The van der Waals surface area contributed by atoms with Gasteiger partial charge in [0.05, 0.1) is 12.8 Å². The number of amides is 1. The molecule has 28 heavy (non-hydrogen) atoms. The van der Waals surface area contributed by atoms with Crippen molar-refractivity contribution in [1.29, 1.82) is 0 Å². The molecule has 0 saturated heterocycles. The van der Waals surface area contributed by atoms with Gasteiger partial charge in [0.15, 0.2) is 10.8 Å². The molecule has 2 aromatic heterocycles. The monoisotopic (exact) mass is 414 g/mol. The number of thiazole rings is 1. The van der Waals surface area contributed by atoms with Gasteiger partial charge in [0.2, 0.25) is 0 Å². The molecule has 0 unspecified atom stereocenters. The normalized spacial score (nSPS) is 11.6. The van der Waals surface area contributed by atoms with Gasteiger partial charge >= 0.3 is 12.1 Å². The molecule has 0 aliphatic heterocycles. The molecule has 150 valence electrons. The number of aromatic nitrogens is 3. The van der Waals surface area contributed by atoms with Crippen LogP contribution in [0.3, 0.4) is 0 Å². The molecule has 0 fully saturated rings. The second-order valence-corrected chi connectivity index (χ2v) is 6.39. The molecule has 2 rings (SSSR count). The van der Waals surface area contributed by atoms with Crippen LogP contribution in [0, 0.1) is 0 Å². The summed E-state index contributed by atoms with van der Waals surface area (Å²) in [5.41, 5.74) is -0.749. The van der Waals surface area contributed by atoms with Crippen LogP contribution in [0.15, 0.2) is 31.1 Å². The molecule has 0 radical (unpaired) electrons. The van der Waals surface area contributed by atoms with Crippen molar-refractivity contribution in [3.05, 3.63) is 47.3 Å². The van der Waals surface area contributed by atoms with E-state index in [0.29, 0.717) is 16.9 Å². The molecule has 1 amide bonds. The van der Waals surface area contributed by atoms with E-state index in [1.165, 1.54) is 36.0 Å². The van der Waals surface area contributed by atoms with Gasteiger partial charge < -0.3 is 4.74 Å². The number of aryl methyl sites for hydroxylation is 1. The van der Waals surface area contributed by atoms with E-state index in [1.807, 2.05) is 0 Å². The molecule has 0 aromatic carbocycles. The maximum atomic E-state index is 13.3. The van der Waals surface area contributed by atoms with Crippen LogP contribution in [0.5, 0.6) is 0 Å². The van der Waals surface area contributed by atoms with Crippen LogP contribution in [0.4, 0.5) is 18.3 Å². The first-order valence-electron chi connectivity index (χ1n) is 8.01. The van der Waals surface area contributed by atoms with Crippen LogP contribution < -0.4 is 4.90 Å². The van der Waals surface area contributed by atoms with E-state index in [0.717, 1.165) is 4.90 Å². The number of halogens is 3. The highest BCUT2D eigenvalue weighted by Gasteiger charge is 2.41. The highest BCUT2D eigenvalue weighted by atomic mass is 32.1. The van der Waals surface area contributed by atoms with Crippen molar-refractivity contribution in [2.24, 2.45) is 7.05 Å². The van der Waals surface area contributed by atoms with Crippen LogP contribution in [-0.4, -0.2) is 39.8 Å². The van der Waals surface area contributed by atoms with Crippen LogP contribution in [-0.2, 0) is 22.8 Å². The molecule has 0 aliphatic rings. The predicted molar refractivity (Wildman–Crippen MR) is 97.9 cm³/mol. The van der Waals surface area contributed by atoms with Crippen molar-refractivity contribution >= 4 is 34.4 Å². The molecular weight excluding hydrogens is 397 g/mol. The van der Waals surface area contributed by atoms with E-state index in [4.69, 9.17) is 0 Å². The van der Waals surface area contributed by atoms with E-state index in [-0.39, 0.29) is 18.3 Å². The molecule has 7 nitrogen and oxygen atoms in total. The Morgan fingerprint density at radius 1 is 1.43 bits per heavy atom. The van der Waals surface area contributed by atoms with Crippen molar-refractivity contribution in [3.8, 4) is 0 Å². The van der Waals surface area contributed by atoms with Gasteiger partial charge in [-0.05, 0) is 13.0 Å². The highest BCUT2D eigenvalue weighted by molar-refractivity contribution is 7.17. The van der Waals surface area contributed by atoms with Gasteiger partial charge in [-0.25, -0.2) is 9.78 Å². The Kier molecular flexibility index (Phi) is 6.73. The van der Waals surface area contributed by atoms with Gasteiger partial charge in [-0.1, -0.05) is 17.4 Å². The fourth-order valence-corrected chi connectivity index (χ4v) is 3.12. The minimum atomic E-state index is -4.87. The zero-order valence-corrected chi connectivity index (χ0v) is 15.9. The molecule has 0 bridgehead atoms. The number of hydrogen-bond donors (Lipinski definition) is 0. The molecule has 0 atom stereocenters. The molecule has 0 spiro atoms. The fourth-order valence-electron chi connectivity index (χ4n) is 2.13. The molecular formula is C17H17F3N4O3S. The van der Waals surface area contributed by atoms with Gasteiger partial charge in [-0.2, -0.15) is 18.3 Å². The summed E-state index contributed by atoms with van der Waals surface area (Å²) >= 11 is 0.438. The van der Waals surface area contributed by atoms with Crippen molar-refractivity contribution in [2.45, 2.75) is 13.1 Å². The first-order valence-corrected chi connectivity index (χ1v) is 8.83. The number of carbonyl (C=O) groups is 2. The lowest BCUT2D eigenvalue weighted by Gasteiger charge is -2.15. The number of esters is 1. The first kappa shape index (κ1) is 21.4. The number of alkyl halides is 3. The van der Waals surface area contributed by atoms with Gasteiger partial charge in [0, 0.05) is 31.4 Å². The van der Waals surface area contributed by atoms with Crippen molar-refractivity contribution in [3.63, 3.8) is 0 Å². The molecule has 2 heterocycles. The zero-order chi connectivity index (χ0) is 20.9. The molecule has 11 heteroatoms. The third kappa shape index (κ3) is 5.06. The minimum Gasteiger partial charge on any atom is -0.462 e. The van der Waals surface area contributed by atoms with Gasteiger partial charge in [-0.15, -0.1) is 6.58 Å². The number of rotatable bonds is 7. The standard InChI is InChI=1S/C17H17F3N4O3S/c1-4-8-24(12(25)7-6-11-9-21-23(3)10-11)16-22-14(17(18,19)20)13(28-16)15(26)27-5-2/h4,6-7,9-10H,1,5,8H2,2-3H3/b7-6+. The summed E-state index contributed by atoms with van der Waals surface area (Å²) in [6.45, 7) is 4.80. The smallest absolute Gasteiger partial charge is 0.435 e. The Balaban J connectivity index is 2.39. The van der Waals surface area contributed by atoms with Gasteiger partial charge in [0.25, 0.3) is 5.91 Å². The van der Waals surface area contributed by atoms with Gasteiger partial charge in [-0.3, -0.25) is 14.4 Å². The second kappa shape index (κ2) is 8.83. The zero-order valence-electron chi connectivity index (χ0n) is 15.1. The summed E-state index contributed by atoms with van der Waals surface area (Å²) in [6, 6.07) is 0. The van der Waals surface area contributed by atoms with Crippen LogP contribution in [0.1, 0.15) is 27.9 Å². The van der Waals surface area contributed by atoms with E-state index < -0.39 is 28.6 Å². The first-order chi connectivity index (χ1) is 13.2. The number of ether oxygens (including phenoxy) is 1. The third-order valence-corrected chi connectivity index (χ3v) is 4.36.